The van der Waals surface area contributed by atoms with Crippen molar-refractivity contribution >= 4 is 11.6 Å². The summed E-state index contributed by atoms with van der Waals surface area (Å²) < 4.78 is 0. The van der Waals surface area contributed by atoms with Gasteiger partial charge in [0.2, 0.25) is 5.91 Å². The Morgan fingerprint density at radius 2 is 1.84 bits per heavy atom. The first kappa shape index (κ1) is 15.7. The number of carbonyl (C=O) groups excluding carboxylic acids is 1. The molecule has 0 aliphatic heterocycles. The van der Waals surface area contributed by atoms with Crippen molar-refractivity contribution in [2.24, 2.45) is 0 Å². The molecule has 0 saturated heterocycles. The zero-order valence-corrected chi connectivity index (χ0v) is 12.8. The van der Waals surface area contributed by atoms with E-state index in [1.54, 1.807) is 0 Å². The number of hydrogen-bond donors (Lipinski definition) is 1. The van der Waals surface area contributed by atoms with Crippen LogP contribution in [0.25, 0.3) is 0 Å². The lowest BCUT2D eigenvalue weighted by atomic mass is 10.1. The number of aryl methyl sites for hydroxylation is 2. The van der Waals surface area contributed by atoms with Crippen molar-refractivity contribution in [1.29, 1.82) is 0 Å². The lowest BCUT2D eigenvalue weighted by Crippen LogP contribution is -2.42. The number of para-hydroxylation sites is 1. The Balaban J connectivity index is 2.79. The molecule has 0 aromatic heterocycles. The molecule has 1 aromatic carbocycles. The Morgan fingerprint density at radius 1 is 1.26 bits per heavy atom. The lowest BCUT2D eigenvalue weighted by molar-refractivity contribution is -0.120. The third kappa shape index (κ3) is 4.06. The van der Waals surface area contributed by atoms with E-state index in [-0.39, 0.29) is 11.9 Å². The van der Waals surface area contributed by atoms with Crippen LogP contribution in [0, 0.1) is 13.8 Å². The molecule has 1 atom stereocenters. The van der Waals surface area contributed by atoms with Gasteiger partial charge in [-0.2, -0.15) is 0 Å². The van der Waals surface area contributed by atoms with E-state index in [1.807, 2.05) is 39.0 Å². The Morgan fingerprint density at radius 3 is 2.32 bits per heavy atom. The highest BCUT2D eigenvalue weighted by Crippen LogP contribution is 2.20. The van der Waals surface area contributed by atoms with Crippen molar-refractivity contribution in [3.63, 3.8) is 0 Å². The van der Waals surface area contributed by atoms with E-state index < -0.39 is 0 Å². The minimum absolute atomic E-state index is 0.0766. The van der Waals surface area contributed by atoms with Gasteiger partial charge in [-0.05, 0) is 51.4 Å². The number of nitrogens with one attached hydrogen (secondary N) is 1. The van der Waals surface area contributed by atoms with Crippen LogP contribution in [0.5, 0.6) is 0 Å². The minimum atomic E-state index is -0.0936. The first-order valence-corrected chi connectivity index (χ1v) is 7.12. The number of carbonyl (C=O) groups is 1. The van der Waals surface area contributed by atoms with Crippen LogP contribution in [0.15, 0.2) is 18.2 Å². The third-order valence-electron chi connectivity index (χ3n) is 3.57. The van der Waals surface area contributed by atoms with Gasteiger partial charge in [0.25, 0.3) is 0 Å². The molecule has 1 rings (SSSR count). The lowest BCUT2D eigenvalue weighted by Gasteiger charge is -2.27. The van der Waals surface area contributed by atoms with E-state index in [9.17, 15) is 4.79 Å². The van der Waals surface area contributed by atoms with Crippen molar-refractivity contribution in [2.75, 3.05) is 18.4 Å². The Labute approximate surface area is 117 Å². The molecule has 1 amide bonds. The maximum absolute atomic E-state index is 12.3. The summed E-state index contributed by atoms with van der Waals surface area (Å²) in [5.74, 6) is 0.0766. The monoisotopic (exact) mass is 262 g/mol. The number of rotatable bonds is 6. The normalized spacial score (nSPS) is 12.5. The minimum Gasteiger partial charge on any atom is -0.324 e. The molecule has 1 aromatic rings. The zero-order valence-electron chi connectivity index (χ0n) is 12.8. The topological polar surface area (TPSA) is 32.3 Å². The molecule has 0 fully saturated rings. The third-order valence-corrected chi connectivity index (χ3v) is 3.57. The van der Waals surface area contributed by atoms with E-state index in [4.69, 9.17) is 0 Å². The molecule has 106 valence electrons. The average Bonchev–Trinajstić information content (AvgIpc) is 2.39. The maximum Gasteiger partial charge on any atom is 0.241 e. The van der Waals surface area contributed by atoms with Crippen LogP contribution in [0.2, 0.25) is 0 Å². The summed E-state index contributed by atoms with van der Waals surface area (Å²) >= 11 is 0. The van der Waals surface area contributed by atoms with Gasteiger partial charge < -0.3 is 5.32 Å². The van der Waals surface area contributed by atoms with Gasteiger partial charge in [-0.25, -0.2) is 0 Å². The fourth-order valence-corrected chi connectivity index (χ4v) is 2.32. The molecule has 1 N–H and O–H groups in total. The van der Waals surface area contributed by atoms with E-state index in [2.05, 4.69) is 24.1 Å². The van der Waals surface area contributed by atoms with Crippen molar-refractivity contribution in [2.45, 2.75) is 47.1 Å². The molecule has 0 bridgehead atoms. The highest BCUT2D eigenvalue weighted by Gasteiger charge is 2.20. The summed E-state index contributed by atoms with van der Waals surface area (Å²) in [6.07, 6.45) is 1.06. The largest absolute Gasteiger partial charge is 0.324 e. The van der Waals surface area contributed by atoms with Gasteiger partial charge in [-0.3, -0.25) is 9.69 Å². The fourth-order valence-electron chi connectivity index (χ4n) is 2.32. The molecular weight excluding hydrogens is 236 g/mol. The number of nitrogens with zero attached hydrogens (tertiary/aromatic N) is 1. The quantitative estimate of drug-likeness (QED) is 0.852. The fraction of sp³-hybridized carbons (Fsp3) is 0.562. The summed E-state index contributed by atoms with van der Waals surface area (Å²) in [7, 11) is 0. The summed E-state index contributed by atoms with van der Waals surface area (Å²) in [6, 6.07) is 5.97. The number of benzene rings is 1. The summed E-state index contributed by atoms with van der Waals surface area (Å²) in [4.78, 5) is 14.5. The highest BCUT2D eigenvalue weighted by atomic mass is 16.2. The Hall–Kier alpha value is -1.35. The van der Waals surface area contributed by atoms with Gasteiger partial charge in [0.1, 0.15) is 0 Å². The Kier molecular flexibility index (Phi) is 6.03. The van der Waals surface area contributed by atoms with Gasteiger partial charge in [0, 0.05) is 5.69 Å². The number of amides is 1. The molecule has 0 spiro atoms. The van der Waals surface area contributed by atoms with Crippen molar-refractivity contribution < 1.29 is 4.79 Å². The van der Waals surface area contributed by atoms with Crippen molar-refractivity contribution in [3.8, 4) is 0 Å². The molecular formula is C16H26N2O. The van der Waals surface area contributed by atoms with E-state index >= 15 is 0 Å². The molecule has 19 heavy (non-hydrogen) atoms. The van der Waals surface area contributed by atoms with E-state index in [0.29, 0.717) is 0 Å². The van der Waals surface area contributed by atoms with Crippen LogP contribution >= 0.6 is 0 Å². The molecule has 0 aliphatic rings. The molecule has 0 heterocycles. The molecule has 3 nitrogen and oxygen atoms in total. The van der Waals surface area contributed by atoms with E-state index in [1.165, 1.54) is 0 Å². The predicted molar refractivity (Wildman–Crippen MR) is 81.5 cm³/mol. The van der Waals surface area contributed by atoms with Crippen LogP contribution in [0.4, 0.5) is 5.69 Å². The second-order valence-corrected chi connectivity index (χ2v) is 5.06. The first-order valence-electron chi connectivity index (χ1n) is 7.12. The van der Waals surface area contributed by atoms with Gasteiger partial charge in [0.15, 0.2) is 0 Å². The number of likely N-dealkylation sites (N-methyl/N-ethyl adjacent to an activating group) is 1. The molecule has 0 saturated carbocycles. The summed E-state index contributed by atoms with van der Waals surface area (Å²) in [5, 5.41) is 3.07. The first-order chi connectivity index (χ1) is 9.01. The molecule has 0 radical (unpaired) electrons. The van der Waals surface area contributed by atoms with Crippen LogP contribution in [0.3, 0.4) is 0 Å². The smallest absolute Gasteiger partial charge is 0.241 e. The SMILES string of the molecule is CCCN(CC)C(C)C(=O)Nc1c(C)cccc1C. The zero-order chi connectivity index (χ0) is 14.4. The molecule has 3 heteroatoms. The van der Waals surface area contributed by atoms with Gasteiger partial charge in [-0.15, -0.1) is 0 Å². The van der Waals surface area contributed by atoms with Gasteiger partial charge >= 0.3 is 0 Å². The maximum atomic E-state index is 12.3. The standard InChI is InChI=1S/C16H26N2O/c1-6-11-18(7-2)14(5)16(19)17-15-12(3)9-8-10-13(15)4/h8-10,14H,6-7,11H2,1-5H3,(H,17,19). The second-order valence-electron chi connectivity index (χ2n) is 5.06. The van der Waals surface area contributed by atoms with Crippen molar-refractivity contribution in [1.82, 2.24) is 4.90 Å². The van der Waals surface area contributed by atoms with Crippen LogP contribution in [-0.4, -0.2) is 29.9 Å². The second kappa shape index (κ2) is 7.29. The van der Waals surface area contributed by atoms with Crippen LogP contribution in [-0.2, 0) is 4.79 Å². The predicted octanol–water partition coefficient (Wildman–Crippen LogP) is 3.36. The highest BCUT2D eigenvalue weighted by molar-refractivity contribution is 5.95. The van der Waals surface area contributed by atoms with Crippen LogP contribution < -0.4 is 5.32 Å². The van der Waals surface area contributed by atoms with Crippen molar-refractivity contribution in [3.05, 3.63) is 29.3 Å². The Bertz CT molecular complexity index is 409. The molecule has 1 unspecified atom stereocenters. The number of hydrogen-bond acceptors (Lipinski definition) is 2. The summed E-state index contributed by atoms with van der Waals surface area (Å²) in [5.41, 5.74) is 3.17. The molecule has 0 aliphatic carbocycles. The number of anilines is 1. The summed E-state index contributed by atoms with van der Waals surface area (Å²) in [6.45, 7) is 12.1. The average molecular weight is 262 g/mol. The van der Waals surface area contributed by atoms with Crippen LogP contribution in [0.1, 0.15) is 38.3 Å². The van der Waals surface area contributed by atoms with Gasteiger partial charge in [0.05, 0.1) is 6.04 Å². The van der Waals surface area contributed by atoms with E-state index in [0.717, 1.165) is 36.3 Å². The van der Waals surface area contributed by atoms with Gasteiger partial charge in [-0.1, -0.05) is 32.0 Å².